The molecular weight excluding hydrogens is 246 g/mol. The fourth-order valence-corrected chi connectivity index (χ4v) is 1.96. The van der Waals surface area contributed by atoms with Crippen LogP contribution in [0.4, 0.5) is 0 Å². The van der Waals surface area contributed by atoms with E-state index in [1.165, 1.54) is 0 Å². The molecule has 5 heteroatoms. The van der Waals surface area contributed by atoms with Crippen molar-refractivity contribution in [1.82, 2.24) is 4.90 Å². The molecule has 0 aliphatic carbocycles. The van der Waals surface area contributed by atoms with E-state index in [9.17, 15) is 4.79 Å². The molecule has 0 spiro atoms. The van der Waals surface area contributed by atoms with Crippen LogP contribution in [0.25, 0.3) is 0 Å². The zero-order chi connectivity index (χ0) is 13.9. The van der Waals surface area contributed by atoms with Crippen LogP contribution < -0.4 is 0 Å². The molecule has 1 unspecified atom stereocenters. The highest BCUT2D eigenvalue weighted by atomic mass is 16.7. The van der Waals surface area contributed by atoms with Crippen molar-refractivity contribution < 1.29 is 19.0 Å². The van der Waals surface area contributed by atoms with Crippen molar-refractivity contribution in [3.63, 3.8) is 0 Å². The molecule has 0 radical (unpaired) electrons. The molecular formula is C14H25NO4. The van der Waals surface area contributed by atoms with E-state index in [2.05, 4.69) is 6.58 Å². The molecule has 0 aromatic rings. The number of rotatable bonds is 9. The Labute approximate surface area is 115 Å². The standard InChI is InChI=1S/C14H25NO4/c1-3-8-15(12-13(16)17-4-2)9-11-19-14-7-5-6-10-18-14/h3,14H,1,4-12H2,2H3. The second-order valence-corrected chi connectivity index (χ2v) is 4.50. The Hall–Kier alpha value is -0.910. The van der Waals surface area contributed by atoms with Gasteiger partial charge in [-0.3, -0.25) is 9.69 Å². The van der Waals surface area contributed by atoms with Crippen molar-refractivity contribution in [2.45, 2.75) is 32.5 Å². The third-order valence-electron chi connectivity index (χ3n) is 2.89. The van der Waals surface area contributed by atoms with Gasteiger partial charge in [0.1, 0.15) is 0 Å². The minimum absolute atomic E-state index is 0.0816. The minimum Gasteiger partial charge on any atom is -0.465 e. The van der Waals surface area contributed by atoms with Gasteiger partial charge in [-0.2, -0.15) is 0 Å². The highest BCUT2D eigenvalue weighted by molar-refractivity contribution is 5.71. The second-order valence-electron chi connectivity index (χ2n) is 4.50. The topological polar surface area (TPSA) is 48.0 Å². The summed E-state index contributed by atoms with van der Waals surface area (Å²) in [6.07, 6.45) is 4.92. The van der Waals surface area contributed by atoms with Crippen molar-refractivity contribution in [2.24, 2.45) is 0 Å². The van der Waals surface area contributed by atoms with Crippen LogP contribution in [0.2, 0.25) is 0 Å². The van der Waals surface area contributed by atoms with Crippen LogP contribution in [0.3, 0.4) is 0 Å². The zero-order valence-electron chi connectivity index (χ0n) is 11.8. The quantitative estimate of drug-likeness (QED) is 0.471. The summed E-state index contributed by atoms with van der Waals surface area (Å²) in [6.45, 7) is 8.83. The van der Waals surface area contributed by atoms with E-state index in [-0.39, 0.29) is 18.8 Å². The lowest BCUT2D eigenvalue weighted by atomic mass is 10.2. The average molecular weight is 271 g/mol. The van der Waals surface area contributed by atoms with Crippen LogP contribution in [0.15, 0.2) is 12.7 Å². The Balaban J connectivity index is 2.20. The molecule has 19 heavy (non-hydrogen) atoms. The number of carbonyl (C=O) groups is 1. The molecule has 1 aliphatic rings. The third kappa shape index (κ3) is 7.30. The van der Waals surface area contributed by atoms with Crippen LogP contribution >= 0.6 is 0 Å². The molecule has 1 fully saturated rings. The Morgan fingerprint density at radius 2 is 2.37 bits per heavy atom. The number of esters is 1. The largest absolute Gasteiger partial charge is 0.465 e. The first kappa shape index (κ1) is 16.1. The minimum atomic E-state index is -0.210. The van der Waals surface area contributed by atoms with Crippen molar-refractivity contribution in [1.29, 1.82) is 0 Å². The number of ether oxygens (including phenoxy) is 3. The molecule has 110 valence electrons. The molecule has 1 aliphatic heterocycles. The number of hydrogen-bond acceptors (Lipinski definition) is 5. The number of hydrogen-bond donors (Lipinski definition) is 0. The highest BCUT2D eigenvalue weighted by Crippen LogP contribution is 2.13. The van der Waals surface area contributed by atoms with Crippen LogP contribution in [-0.2, 0) is 19.0 Å². The summed E-state index contributed by atoms with van der Waals surface area (Å²) in [5.41, 5.74) is 0. The van der Waals surface area contributed by atoms with Gasteiger partial charge in [0.15, 0.2) is 6.29 Å². The van der Waals surface area contributed by atoms with Crippen LogP contribution in [0.5, 0.6) is 0 Å². The van der Waals surface area contributed by atoms with Crippen LogP contribution in [0.1, 0.15) is 26.2 Å². The lowest BCUT2D eigenvalue weighted by Gasteiger charge is -2.25. The predicted molar refractivity (Wildman–Crippen MR) is 72.8 cm³/mol. The normalized spacial score (nSPS) is 19.4. The SMILES string of the molecule is C=CCN(CCOC1CCCCO1)CC(=O)OCC. The van der Waals surface area contributed by atoms with Gasteiger partial charge >= 0.3 is 5.97 Å². The van der Waals surface area contributed by atoms with Crippen LogP contribution in [-0.4, -0.2) is 56.6 Å². The summed E-state index contributed by atoms with van der Waals surface area (Å²) in [5.74, 6) is -0.210. The maximum atomic E-state index is 11.4. The van der Waals surface area contributed by atoms with E-state index in [0.717, 1.165) is 25.9 Å². The second kappa shape index (κ2) is 9.95. The highest BCUT2D eigenvalue weighted by Gasteiger charge is 2.15. The fourth-order valence-electron chi connectivity index (χ4n) is 1.96. The van der Waals surface area contributed by atoms with Crippen molar-refractivity contribution in [3.05, 3.63) is 12.7 Å². The molecule has 0 amide bonds. The van der Waals surface area contributed by atoms with E-state index in [0.29, 0.717) is 26.3 Å². The molecule has 1 atom stereocenters. The summed E-state index contributed by atoms with van der Waals surface area (Å²) in [4.78, 5) is 13.4. The first-order valence-electron chi connectivity index (χ1n) is 6.98. The molecule has 5 nitrogen and oxygen atoms in total. The van der Waals surface area contributed by atoms with Gasteiger partial charge < -0.3 is 14.2 Å². The number of nitrogens with zero attached hydrogens (tertiary/aromatic N) is 1. The fraction of sp³-hybridized carbons (Fsp3) is 0.786. The molecule has 0 N–H and O–H groups in total. The first-order chi connectivity index (χ1) is 9.26. The van der Waals surface area contributed by atoms with E-state index >= 15 is 0 Å². The van der Waals surface area contributed by atoms with Crippen molar-refractivity contribution in [2.75, 3.05) is 39.5 Å². The van der Waals surface area contributed by atoms with E-state index in [1.807, 2.05) is 4.90 Å². The molecule has 0 bridgehead atoms. The maximum absolute atomic E-state index is 11.4. The average Bonchev–Trinajstić information content (AvgIpc) is 2.40. The maximum Gasteiger partial charge on any atom is 0.320 e. The smallest absolute Gasteiger partial charge is 0.320 e. The molecule has 1 heterocycles. The molecule has 0 aromatic carbocycles. The Morgan fingerprint density at radius 1 is 1.53 bits per heavy atom. The van der Waals surface area contributed by atoms with Gasteiger partial charge in [-0.05, 0) is 26.2 Å². The van der Waals surface area contributed by atoms with E-state index in [1.54, 1.807) is 13.0 Å². The number of carbonyl (C=O) groups excluding carboxylic acids is 1. The third-order valence-corrected chi connectivity index (χ3v) is 2.89. The van der Waals surface area contributed by atoms with E-state index < -0.39 is 0 Å². The van der Waals surface area contributed by atoms with Gasteiger partial charge in [-0.1, -0.05) is 6.08 Å². The van der Waals surface area contributed by atoms with Gasteiger partial charge in [-0.25, -0.2) is 0 Å². The Bertz CT molecular complexity index is 264. The van der Waals surface area contributed by atoms with Gasteiger partial charge in [0.2, 0.25) is 0 Å². The summed E-state index contributed by atoms with van der Waals surface area (Å²) < 4.78 is 16.1. The Kier molecular flexibility index (Phi) is 8.45. The lowest BCUT2D eigenvalue weighted by Crippen LogP contribution is -2.35. The van der Waals surface area contributed by atoms with Crippen LogP contribution in [0, 0.1) is 0 Å². The molecule has 0 saturated carbocycles. The zero-order valence-corrected chi connectivity index (χ0v) is 11.8. The summed E-state index contributed by atoms with van der Waals surface area (Å²) in [5, 5.41) is 0. The van der Waals surface area contributed by atoms with E-state index in [4.69, 9.17) is 14.2 Å². The predicted octanol–water partition coefficient (Wildman–Crippen LogP) is 1.58. The monoisotopic (exact) mass is 271 g/mol. The van der Waals surface area contributed by atoms with Crippen molar-refractivity contribution in [3.8, 4) is 0 Å². The van der Waals surface area contributed by atoms with Gasteiger partial charge in [-0.15, -0.1) is 6.58 Å². The molecule has 1 saturated heterocycles. The van der Waals surface area contributed by atoms with Gasteiger partial charge in [0.05, 0.1) is 19.8 Å². The summed E-state index contributed by atoms with van der Waals surface area (Å²) in [6, 6.07) is 0. The summed E-state index contributed by atoms with van der Waals surface area (Å²) >= 11 is 0. The molecule has 0 aromatic heterocycles. The van der Waals surface area contributed by atoms with Gasteiger partial charge in [0, 0.05) is 19.7 Å². The molecule has 1 rings (SSSR count). The first-order valence-corrected chi connectivity index (χ1v) is 6.98. The van der Waals surface area contributed by atoms with Gasteiger partial charge in [0.25, 0.3) is 0 Å². The Morgan fingerprint density at radius 3 is 3.00 bits per heavy atom. The summed E-state index contributed by atoms with van der Waals surface area (Å²) in [7, 11) is 0. The lowest BCUT2D eigenvalue weighted by molar-refractivity contribution is -0.164. The van der Waals surface area contributed by atoms with Crippen molar-refractivity contribution >= 4 is 5.97 Å².